The quantitative estimate of drug-likeness (QED) is 0.116. The monoisotopic (exact) mass is 470 g/mol. The molecular formula is C23H34O8S. The fourth-order valence-electron chi connectivity index (χ4n) is 2.92. The number of allylic oxidation sites excluding steroid dienone is 5. The summed E-state index contributed by atoms with van der Waals surface area (Å²) < 4.78 is 41.2. The van der Waals surface area contributed by atoms with E-state index in [2.05, 4.69) is 13.0 Å². The Morgan fingerprint density at radius 2 is 1.91 bits per heavy atom. The zero-order chi connectivity index (χ0) is 24.0. The molecule has 0 aromatic heterocycles. The van der Waals surface area contributed by atoms with Crippen LogP contribution >= 0.6 is 0 Å². The molecule has 0 fully saturated rings. The van der Waals surface area contributed by atoms with Gasteiger partial charge in [0, 0.05) is 12.0 Å². The minimum Gasteiger partial charge on any atom is -0.452 e. The molecule has 0 spiro atoms. The molecule has 32 heavy (non-hydrogen) atoms. The van der Waals surface area contributed by atoms with E-state index >= 15 is 0 Å². The molecule has 0 saturated heterocycles. The number of carbonyl (C=O) groups excluding carboxylic acids is 1. The molecule has 5 atom stereocenters. The van der Waals surface area contributed by atoms with Crippen molar-refractivity contribution in [1.29, 1.82) is 0 Å². The molecule has 180 valence electrons. The average Bonchev–Trinajstić information content (AvgIpc) is 2.72. The van der Waals surface area contributed by atoms with Crippen molar-refractivity contribution in [3.05, 3.63) is 60.8 Å². The molecule has 0 unspecified atom stereocenters. The van der Waals surface area contributed by atoms with E-state index < -0.39 is 46.7 Å². The average molecular weight is 471 g/mol. The number of unbranched alkanes of at least 4 members (excludes halogenated alkanes) is 3. The van der Waals surface area contributed by atoms with Gasteiger partial charge in [-0.3, -0.25) is 4.55 Å². The van der Waals surface area contributed by atoms with Gasteiger partial charge in [0.05, 0.1) is 12.2 Å². The van der Waals surface area contributed by atoms with Crippen molar-refractivity contribution in [2.75, 3.05) is 0 Å². The summed E-state index contributed by atoms with van der Waals surface area (Å²) in [6.45, 7) is 3.73. The van der Waals surface area contributed by atoms with E-state index in [0.717, 1.165) is 18.9 Å². The van der Waals surface area contributed by atoms with E-state index in [9.17, 15) is 23.4 Å². The molecule has 1 rings (SSSR count). The summed E-state index contributed by atoms with van der Waals surface area (Å²) in [6.07, 6.45) is 16.4. The second-order valence-electron chi connectivity index (χ2n) is 7.52. The van der Waals surface area contributed by atoms with Crippen LogP contribution in [0.2, 0.25) is 0 Å². The number of esters is 1. The van der Waals surface area contributed by atoms with Crippen LogP contribution in [0.5, 0.6) is 0 Å². The highest BCUT2D eigenvalue weighted by atomic mass is 32.3. The minimum absolute atomic E-state index is 0.0212. The largest absolute Gasteiger partial charge is 0.452 e. The van der Waals surface area contributed by atoms with Crippen LogP contribution in [0.15, 0.2) is 60.8 Å². The second-order valence-corrected chi connectivity index (χ2v) is 8.57. The molecule has 1 aliphatic rings. The number of hydrogen-bond donors (Lipinski definition) is 3. The zero-order valence-electron chi connectivity index (χ0n) is 18.5. The summed E-state index contributed by atoms with van der Waals surface area (Å²) >= 11 is 0. The molecule has 0 saturated carbocycles. The summed E-state index contributed by atoms with van der Waals surface area (Å²) in [5.41, 5.74) is 0. The maximum absolute atomic E-state index is 11.3. The fourth-order valence-corrected chi connectivity index (χ4v) is 3.48. The van der Waals surface area contributed by atoms with Gasteiger partial charge in [-0.25, -0.2) is 8.98 Å². The normalized spacial score (nSPS) is 22.8. The number of hydrogen-bond acceptors (Lipinski definition) is 7. The van der Waals surface area contributed by atoms with E-state index in [-0.39, 0.29) is 6.42 Å². The Morgan fingerprint density at radius 1 is 1.19 bits per heavy atom. The lowest BCUT2D eigenvalue weighted by molar-refractivity contribution is -0.146. The third-order valence-electron chi connectivity index (χ3n) is 4.83. The smallest absolute Gasteiger partial charge is 0.397 e. The number of cyclic esters (lactones) is 1. The standard InChI is InChI=1S/C23H34O8S/c1-3-4-5-6-7-8-9-10-11-13-19(24)18(2)21(31-32(27,28)29)14-12-15-22-20(25)16-17-23(26)30-22/h7-13,15-22,24-25H,3-6,14H2,1-2H3,(H,27,28,29)/b8-7+,10-9+,13-11+,15-12+/t18-,19-,20-,21-,22-/m0/s1. The first-order valence-electron chi connectivity index (χ1n) is 10.7. The third kappa shape index (κ3) is 12.1. The van der Waals surface area contributed by atoms with Gasteiger partial charge in [-0.1, -0.05) is 69.2 Å². The summed E-state index contributed by atoms with van der Waals surface area (Å²) in [4.78, 5) is 11.3. The Kier molecular flexibility index (Phi) is 13.0. The number of aliphatic hydroxyl groups is 2. The Bertz CT molecular complexity index is 810. The van der Waals surface area contributed by atoms with Crippen LogP contribution in [-0.2, 0) is 24.1 Å². The first kappa shape index (κ1) is 28.0. The highest BCUT2D eigenvalue weighted by Crippen LogP contribution is 2.20. The highest BCUT2D eigenvalue weighted by molar-refractivity contribution is 7.80. The Labute approximate surface area is 190 Å². The van der Waals surface area contributed by atoms with Crippen molar-refractivity contribution in [1.82, 2.24) is 0 Å². The molecule has 0 bridgehead atoms. The van der Waals surface area contributed by atoms with Crippen LogP contribution in [0.4, 0.5) is 0 Å². The van der Waals surface area contributed by atoms with E-state index in [1.165, 1.54) is 37.1 Å². The van der Waals surface area contributed by atoms with Gasteiger partial charge in [0.1, 0.15) is 12.2 Å². The number of ether oxygens (including phenoxy) is 1. The van der Waals surface area contributed by atoms with Gasteiger partial charge in [-0.05, 0) is 31.4 Å². The zero-order valence-corrected chi connectivity index (χ0v) is 19.3. The van der Waals surface area contributed by atoms with Crippen molar-refractivity contribution in [2.24, 2.45) is 5.92 Å². The summed E-state index contributed by atoms with van der Waals surface area (Å²) in [5.74, 6) is -1.30. The minimum atomic E-state index is -4.76. The van der Waals surface area contributed by atoms with Crippen molar-refractivity contribution >= 4 is 16.4 Å². The molecule has 9 heteroatoms. The van der Waals surface area contributed by atoms with Gasteiger partial charge < -0.3 is 14.9 Å². The predicted octanol–water partition coefficient (Wildman–Crippen LogP) is 3.21. The topological polar surface area (TPSA) is 130 Å². The van der Waals surface area contributed by atoms with Gasteiger partial charge in [-0.15, -0.1) is 0 Å². The van der Waals surface area contributed by atoms with E-state index in [1.807, 2.05) is 12.2 Å². The first-order chi connectivity index (χ1) is 15.1. The SMILES string of the molecule is CCCCC/C=C/C=C/C=C/[C@H](O)[C@H](C)[C@H](C/C=C/[C@@H]1OC(=O)C=C[C@@H]1O)OS(=O)(=O)O. The van der Waals surface area contributed by atoms with Gasteiger partial charge in [0.25, 0.3) is 0 Å². The Hall–Kier alpha value is -2.04. The Balaban J connectivity index is 2.67. The molecule has 3 N–H and O–H groups in total. The van der Waals surface area contributed by atoms with Crippen LogP contribution in [0.3, 0.4) is 0 Å². The Morgan fingerprint density at radius 3 is 2.59 bits per heavy atom. The first-order valence-corrected chi connectivity index (χ1v) is 12.1. The summed E-state index contributed by atoms with van der Waals surface area (Å²) in [7, 11) is -4.76. The van der Waals surface area contributed by atoms with Gasteiger partial charge in [0.2, 0.25) is 0 Å². The van der Waals surface area contributed by atoms with Crippen molar-refractivity contribution < 1.29 is 36.9 Å². The van der Waals surface area contributed by atoms with Crippen LogP contribution in [0.1, 0.15) is 46.0 Å². The summed E-state index contributed by atoms with van der Waals surface area (Å²) in [5, 5.41) is 20.2. The fraction of sp³-hybridized carbons (Fsp3) is 0.522. The molecule has 8 nitrogen and oxygen atoms in total. The van der Waals surface area contributed by atoms with Crippen molar-refractivity contribution in [2.45, 2.75) is 70.4 Å². The lowest BCUT2D eigenvalue weighted by Crippen LogP contribution is -2.33. The van der Waals surface area contributed by atoms with Gasteiger partial charge in [0.15, 0.2) is 0 Å². The van der Waals surface area contributed by atoms with E-state index in [0.29, 0.717) is 0 Å². The molecule has 0 aromatic rings. The second kappa shape index (κ2) is 14.9. The lowest BCUT2D eigenvalue weighted by Gasteiger charge is -2.25. The number of carbonyl (C=O) groups is 1. The molecule has 0 aromatic carbocycles. The third-order valence-corrected chi connectivity index (χ3v) is 5.33. The van der Waals surface area contributed by atoms with E-state index in [4.69, 9.17) is 13.5 Å². The molecular weight excluding hydrogens is 436 g/mol. The van der Waals surface area contributed by atoms with Crippen LogP contribution in [0, 0.1) is 5.92 Å². The summed E-state index contributed by atoms with van der Waals surface area (Å²) in [6, 6.07) is 0. The van der Waals surface area contributed by atoms with Crippen molar-refractivity contribution in [3.63, 3.8) is 0 Å². The molecule has 1 heterocycles. The maximum Gasteiger partial charge on any atom is 0.397 e. The molecule has 0 radical (unpaired) electrons. The van der Waals surface area contributed by atoms with Gasteiger partial charge in [-0.2, -0.15) is 8.42 Å². The predicted molar refractivity (Wildman–Crippen MR) is 122 cm³/mol. The highest BCUT2D eigenvalue weighted by Gasteiger charge is 2.28. The molecule has 0 amide bonds. The van der Waals surface area contributed by atoms with E-state index in [1.54, 1.807) is 19.1 Å². The van der Waals surface area contributed by atoms with Crippen LogP contribution in [0.25, 0.3) is 0 Å². The number of aliphatic hydroxyl groups excluding tert-OH is 2. The molecule has 0 aliphatic carbocycles. The maximum atomic E-state index is 11.3. The molecule has 1 aliphatic heterocycles. The van der Waals surface area contributed by atoms with Crippen LogP contribution in [-0.4, -0.2) is 53.6 Å². The lowest BCUT2D eigenvalue weighted by atomic mass is 9.95. The van der Waals surface area contributed by atoms with Gasteiger partial charge >= 0.3 is 16.4 Å². The number of rotatable bonds is 14. The van der Waals surface area contributed by atoms with Crippen LogP contribution < -0.4 is 0 Å². The van der Waals surface area contributed by atoms with Crippen molar-refractivity contribution in [3.8, 4) is 0 Å².